The maximum atomic E-state index is 12.4. The molecule has 0 aliphatic heterocycles. The van der Waals surface area contributed by atoms with E-state index in [0.29, 0.717) is 17.4 Å². The van der Waals surface area contributed by atoms with Gasteiger partial charge in [0.1, 0.15) is 11.5 Å². The summed E-state index contributed by atoms with van der Waals surface area (Å²) < 4.78 is 11.5. The number of hydrogen-bond donors (Lipinski definition) is 2. The van der Waals surface area contributed by atoms with Gasteiger partial charge in [0.25, 0.3) is 11.8 Å². The Balaban J connectivity index is 1.50. The molecule has 0 spiro atoms. The van der Waals surface area contributed by atoms with Gasteiger partial charge in [-0.1, -0.05) is 68.4 Å². The number of nitrogens with one attached hydrogen (secondary N) is 2. The van der Waals surface area contributed by atoms with Gasteiger partial charge in [-0.3, -0.25) is 20.4 Å². The molecule has 0 aromatic heterocycles. The van der Waals surface area contributed by atoms with Gasteiger partial charge in [-0.25, -0.2) is 0 Å². The van der Waals surface area contributed by atoms with Crippen molar-refractivity contribution in [2.24, 2.45) is 0 Å². The Labute approximate surface area is 182 Å². The number of carbonyl (C=O) groups excluding carboxylic acids is 2. The molecule has 6 nitrogen and oxygen atoms in total. The summed E-state index contributed by atoms with van der Waals surface area (Å²) in [4.78, 5) is 24.5. The van der Waals surface area contributed by atoms with Crippen LogP contribution in [0, 0.1) is 0 Å². The maximum absolute atomic E-state index is 12.4. The van der Waals surface area contributed by atoms with E-state index in [1.807, 2.05) is 60.7 Å². The Morgan fingerprint density at radius 3 is 2.35 bits per heavy atom. The van der Waals surface area contributed by atoms with E-state index in [1.165, 1.54) is 0 Å². The lowest BCUT2D eigenvalue weighted by Gasteiger charge is -2.19. The van der Waals surface area contributed by atoms with Crippen LogP contribution in [-0.2, 0) is 9.59 Å². The van der Waals surface area contributed by atoms with Crippen molar-refractivity contribution < 1.29 is 19.1 Å². The summed E-state index contributed by atoms with van der Waals surface area (Å²) in [6, 6.07) is 21.1. The first-order valence-electron chi connectivity index (χ1n) is 10.4. The Bertz CT molecular complexity index is 1050. The van der Waals surface area contributed by atoms with Crippen molar-refractivity contribution in [1.82, 2.24) is 10.9 Å². The van der Waals surface area contributed by atoms with Gasteiger partial charge in [-0.05, 0) is 42.3 Å². The number of fused-ring (bicyclic) bond motifs is 1. The van der Waals surface area contributed by atoms with E-state index in [2.05, 4.69) is 24.7 Å². The molecule has 0 saturated carbocycles. The van der Waals surface area contributed by atoms with E-state index in [4.69, 9.17) is 9.47 Å². The molecule has 3 rings (SSSR count). The third-order valence-corrected chi connectivity index (χ3v) is 5.17. The van der Waals surface area contributed by atoms with Crippen LogP contribution in [0.5, 0.6) is 11.5 Å². The molecule has 2 N–H and O–H groups in total. The third-order valence-electron chi connectivity index (χ3n) is 5.17. The van der Waals surface area contributed by atoms with Gasteiger partial charge in [0.15, 0.2) is 12.7 Å². The second-order valence-electron chi connectivity index (χ2n) is 7.41. The largest absolute Gasteiger partial charge is 0.483 e. The number of para-hydroxylation sites is 1. The highest BCUT2D eigenvalue weighted by Crippen LogP contribution is 2.29. The molecule has 162 valence electrons. The molecule has 6 heteroatoms. The molecule has 2 amide bonds. The summed E-state index contributed by atoms with van der Waals surface area (Å²) in [7, 11) is 0. The molecule has 2 atom stereocenters. The van der Waals surface area contributed by atoms with Crippen LogP contribution in [0.15, 0.2) is 66.7 Å². The number of amides is 2. The Hall–Kier alpha value is -3.54. The van der Waals surface area contributed by atoms with E-state index in [1.54, 1.807) is 13.0 Å². The molecule has 0 saturated heterocycles. The van der Waals surface area contributed by atoms with Crippen molar-refractivity contribution in [3.8, 4) is 11.5 Å². The first-order valence-corrected chi connectivity index (χ1v) is 10.4. The number of hydrogen-bond acceptors (Lipinski definition) is 4. The zero-order chi connectivity index (χ0) is 22.2. The molecule has 3 aromatic carbocycles. The molecule has 0 heterocycles. The lowest BCUT2D eigenvalue weighted by atomic mass is 9.98. The number of hydrazine groups is 1. The van der Waals surface area contributed by atoms with Crippen molar-refractivity contribution in [3.63, 3.8) is 0 Å². The quantitative estimate of drug-likeness (QED) is 0.531. The van der Waals surface area contributed by atoms with E-state index in [9.17, 15) is 9.59 Å². The highest BCUT2D eigenvalue weighted by Gasteiger charge is 2.18. The summed E-state index contributed by atoms with van der Waals surface area (Å²) >= 11 is 0. The van der Waals surface area contributed by atoms with Gasteiger partial charge in [-0.2, -0.15) is 0 Å². The fourth-order valence-electron chi connectivity index (χ4n) is 3.19. The van der Waals surface area contributed by atoms with E-state index >= 15 is 0 Å². The molecule has 2 unspecified atom stereocenters. The standard InChI is InChI=1S/C25H28N2O4/c1-4-17(2)20-12-7-8-14-23(20)31-18(3)25(29)27-26-24(28)16-30-22-15-9-11-19-10-5-6-13-21(19)22/h5-15,17-18H,4,16H2,1-3H3,(H,26,28)(H,27,29). The predicted octanol–water partition coefficient (Wildman–Crippen LogP) is 4.35. The first-order chi connectivity index (χ1) is 15.0. The lowest BCUT2D eigenvalue weighted by molar-refractivity contribution is -0.133. The molecule has 0 fully saturated rings. The highest BCUT2D eigenvalue weighted by molar-refractivity contribution is 5.89. The van der Waals surface area contributed by atoms with Crippen LogP contribution in [0.4, 0.5) is 0 Å². The maximum Gasteiger partial charge on any atom is 0.279 e. The minimum atomic E-state index is -0.774. The van der Waals surface area contributed by atoms with E-state index in [-0.39, 0.29) is 6.61 Å². The third kappa shape index (κ3) is 5.75. The highest BCUT2D eigenvalue weighted by atomic mass is 16.5. The summed E-state index contributed by atoms with van der Waals surface area (Å²) in [6.45, 7) is 5.64. The van der Waals surface area contributed by atoms with Crippen LogP contribution in [0.2, 0.25) is 0 Å². The monoisotopic (exact) mass is 420 g/mol. The van der Waals surface area contributed by atoms with Crippen LogP contribution >= 0.6 is 0 Å². The van der Waals surface area contributed by atoms with Gasteiger partial charge in [0.2, 0.25) is 0 Å². The lowest BCUT2D eigenvalue weighted by Crippen LogP contribution is -2.48. The molecular formula is C25H28N2O4. The Morgan fingerprint density at radius 1 is 0.871 bits per heavy atom. The average molecular weight is 421 g/mol. The van der Waals surface area contributed by atoms with Crippen LogP contribution in [0.1, 0.15) is 38.7 Å². The van der Waals surface area contributed by atoms with Gasteiger partial charge < -0.3 is 9.47 Å². The number of ether oxygens (including phenoxy) is 2. The summed E-state index contributed by atoms with van der Waals surface area (Å²) in [5, 5.41) is 1.95. The van der Waals surface area contributed by atoms with Gasteiger partial charge in [-0.15, -0.1) is 0 Å². The summed E-state index contributed by atoms with van der Waals surface area (Å²) in [5.74, 6) is 0.686. The van der Waals surface area contributed by atoms with Crippen molar-refractivity contribution in [3.05, 3.63) is 72.3 Å². The van der Waals surface area contributed by atoms with Crippen molar-refractivity contribution in [2.45, 2.75) is 39.2 Å². The van der Waals surface area contributed by atoms with Gasteiger partial charge in [0.05, 0.1) is 0 Å². The second-order valence-corrected chi connectivity index (χ2v) is 7.41. The normalized spacial score (nSPS) is 12.6. The average Bonchev–Trinajstić information content (AvgIpc) is 2.80. The minimum Gasteiger partial charge on any atom is -0.483 e. The molecule has 0 radical (unpaired) electrons. The van der Waals surface area contributed by atoms with Crippen LogP contribution in [-0.4, -0.2) is 24.5 Å². The van der Waals surface area contributed by atoms with Gasteiger partial charge in [0, 0.05) is 5.39 Å². The minimum absolute atomic E-state index is 0.222. The first kappa shape index (κ1) is 22.2. The molecule has 0 aliphatic rings. The SMILES string of the molecule is CCC(C)c1ccccc1OC(C)C(=O)NNC(=O)COc1cccc2ccccc12. The van der Waals surface area contributed by atoms with Crippen LogP contribution in [0.3, 0.4) is 0 Å². The topological polar surface area (TPSA) is 76.7 Å². The smallest absolute Gasteiger partial charge is 0.279 e. The van der Waals surface area contributed by atoms with Crippen molar-refractivity contribution in [2.75, 3.05) is 6.61 Å². The number of carbonyl (C=O) groups is 2. The van der Waals surface area contributed by atoms with E-state index < -0.39 is 17.9 Å². The predicted molar refractivity (Wildman–Crippen MR) is 121 cm³/mol. The Kier molecular flexibility index (Phi) is 7.49. The zero-order valence-electron chi connectivity index (χ0n) is 18.1. The fraction of sp³-hybridized carbons (Fsp3) is 0.280. The molecule has 0 bridgehead atoms. The number of rotatable bonds is 8. The van der Waals surface area contributed by atoms with Crippen LogP contribution in [0.25, 0.3) is 10.8 Å². The molecule has 0 aliphatic carbocycles. The van der Waals surface area contributed by atoms with Gasteiger partial charge >= 0.3 is 0 Å². The molecule has 31 heavy (non-hydrogen) atoms. The van der Waals surface area contributed by atoms with Crippen LogP contribution < -0.4 is 20.3 Å². The molecule has 3 aromatic rings. The fourth-order valence-corrected chi connectivity index (χ4v) is 3.19. The summed E-state index contributed by atoms with van der Waals surface area (Å²) in [5.41, 5.74) is 5.82. The van der Waals surface area contributed by atoms with Crippen molar-refractivity contribution in [1.29, 1.82) is 0 Å². The van der Waals surface area contributed by atoms with E-state index in [0.717, 1.165) is 22.8 Å². The molecular weight excluding hydrogens is 392 g/mol. The summed E-state index contributed by atoms with van der Waals surface area (Å²) in [6.07, 6.45) is 0.192. The second kappa shape index (κ2) is 10.5. The zero-order valence-corrected chi connectivity index (χ0v) is 18.1. The number of benzene rings is 3. The Morgan fingerprint density at radius 2 is 1.55 bits per heavy atom. The van der Waals surface area contributed by atoms with Crippen molar-refractivity contribution >= 4 is 22.6 Å².